The molecule has 0 fully saturated rings. The number of aliphatic hydroxyl groups excluding tert-OH is 1. The van der Waals surface area contributed by atoms with Crippen LogP contribution in [0.2, 0.25) is 0 Å². The van der Waals surface area contributed by atoms with Gasteiger partial charge >= 0.3 is 6.03 Å². The predicted octanol–water partition coefficient (Wildman–Crippen LogP) is 2.42. The van der Waals surface area contributed by atoms with Crippen LogP contribution in [0.3, 0.4) is 0 Å². The Labute approximate surface area is 135 Å². The van der Waals surface area contributed by atoms with Crippen LogP contribution in [0.1, 0.15) is 20.3 Å². The van der Waals surface area contributed by atoms with Gasteiger partial charge in [-0.15, -0.1) is 0 Å². The summed E-state index contributed by atoms with van der Waals surface area (Å²) in [5.74, 6) is 0.181. The number of hydrogen-bond donors (Lipinski definition) is 3. The Balaban J connectivity index is 1.92. The van der Waals surface area contributed by atoms with Crippen LogP contribution in [0.5, 0.6) is 0 Å². The standard InChI is InChI=1S/C16H24N4O3/c1-10(2)13(21)7-8-17-15(22)18-11-5-6-14-12(9-11)19-16(23-14)20(3)4/h5-6,9-10,13,21H,7-8H2,1-4H3,(H2,17,18,22). The van der Waals surface area contributed by atoms with Crippen LogP contribution >= 0.6 is 0 Å². The number of carbonyl (C=O) groups excluding carboxylic acids is 1. The van der Waals surface area contributed by atoms with E-state index >= 15 is 0 Å². The van der Waals surface area contributed by atoms with E-state index in [0.29, 0.717) is 35.8 Å². The minimum absolute atomic E-state index is 0.181. The van der Waals surface area contributed by atoms with E-state index in [-0.39, 0.29) is 11.9 Å². The summed E-state index contributed by atoms with van der Waals surface area (Å²) in [5.41, 5.74) is 1.99. The minimum atomic E-state index is -0.411. The lowest BCUT2D eigenvalue weighted by atomic mass is 10.0. The highest BCUT2D eigenvalue weighted by atomic mass is 16.4. The fourth-order valence-corrected chi connectivity index (χ4v) is 2.03. The van der Waals surface area contributed by atoms with Crippen molar-refractivity contribution in [1.29, 1.82) is 0 Å². The summed E-state index contributed by atoms with van der Waals surface area (Å²) in [6.07, 6.45) is 0.116. The third-order valence-corrected chi connectivity index (χ3v) is 3.51. The van der Waals surface area contributed by atoms with Crippen molar-refractivity contribution in [1.82, 2.24) is 10.3 Å². The SMILES string of the molecule is CC(C)C(O)CCNC(=O)Nc1ccc2oc(N(C)C)nc2c1. The summed E-state index contributed by atoms with van der Waals surface area (Å²) in [5, 5.41) is 15.2. The number of fused-ring (bicyclic) bond motifs is 1. The summed E-state index contributed by atoms with van der Waals surface area (Å²) >= 11 is 0. The van der Waals surface area contributed by atoms with Gasteiger partial charge in [-0.3, -0.25) is 0 Å². The molecular weight excluding hydrogens is 296 g/mol. The summed E-state index contributed by atoms with van der Waals surface area (Å²) in [6, 6.07) is 5.50. The highest BCUT2D eigenvalue weighted by molar-refractivity contribution is 5.91. The molecule has 2 rings (SSSR count). The molecule has 1 aromatic carbocycles. The highest BCUT2D eigenvalue weighted by Crippen LogP contribution is 2.23. The summed E-state index contributed by atoms with van der Waals surface area (Å²) in [4.78, 5) is 18.0. The summed E-state index contributed by atoms with van der Waals surface area (Å²) < 4.78 is 5.56. The quantitative estimate of drug-likeness (QED) is 0.760. The molecular formula is C16H24N4O3. The van der Waals surface area contributed by atoms with Crippen molar-refractivity contribution in [2.45, 2.75) is 26.4 Å². The largest absolute Gasteiger partial charge is 0.423 e. The molecule has 126 valence electrons. The number of anilines is 2. The second kappa shape index (κ2) is 7.32. The van der Waals surface area contributed by atoms with Gasteiger partial charge < -0.3 is 25.1 Å². The van der Waals surface area contributed by atoms with Crippen molar-refractivity contribution in [2.24, 2.45) is 5.92 Å². The molecule has 1 unspecified atom stereocenters. The van der Waals surface area contributed by atoms with Crippen molar-refractivity contribution in [3.8, 4) is 0 Å². The Morgan fingerprint density at radius 3 is 2.78 bits per heavy atom. The van der Waals surface area contributed by atoms with Gasteiger partial charge in [0.1, 0.15) is 5.52 Å². The number of rotatable bonds is 6. The number of benzene rings is 1. The maximum atomic E-state index is 11.9. The van der Waals surface area contributed by atoms with E-state index in [9.17, 15) is 9.90 Å². The Morgan fingerprint density at radius 1 is 1.39 bits per heavy atom. The average molecular weight is 320 g/mol. The molecule has 0 bridgehead atoms. The lowest BCUT2D eigenvalue weighted by Crippen LogP contribution is -2.32. The van der Waals surface area contributed by atoms with E-state index in [1.165, 1.54) is 0 Å². The number of urea groups is 1. The normalized spacial score (nSPS) is 12.4. The van der Waals surface area contributed by atoms with Gasteiger partial charge in [-0.1, -0.05) is 13.8 Å². The lowest BCUT2D eigenvalue weighted by Gasteiger charge is -2.14. The Hall–Kier alpha value is -2.28. The molecule has 0 aliphatic carbocycles. The summed E-state index contributed by atoms with van der Waals surface area (Å²) in [7, 11) is 3.70. The van der Waals surface area contributed by atoms with Crippen LogP contribution in [0.15, 0.2) is 22.6 Å². The van der Waals surface area contributed by atoms with Gasteiger partial charge in [0.05, 0.1) is 6.10 Å². The molecule has 2 amide bonds. The van der Waals surface area contributed by atoms with E-state index in [1.54, 1.807) is 23.1 Å². The molecule has 1 heterocycles. The minimum Gasteiger partial charge on any atom is -0.423 e. The highest BCUT2D eigenvalue weighted by Gasteiger charge is 2.11. The van der Waals surface area contributed by atoms with Gasteiger partial charge in [0.25, 0.3) is 6.01 Å². The van der Waals surface area contributed by atoms with Crippen molar-refractivity contribution in [3.05, 3.63) is 18.2 Å². The smallest absolute Gasteiger partial charge is 0.319 e. The molecule has 0 aliphatic heterocycles. The Bertz CT molecular complexity index is 666. The van der Waals surface area contributed by atoms with E-state index in [4.69, 9.17) is 4.42 Å². The van der Waals surface area contributed by atoms with E-state index in [0.717, 1.165) is 0 Å². The first kappa shape index (κ1) is 17.1. The predicted molar refractivity (Wildman–Crippen MR) is 90.8 cm³/mol. The van der Waals surface area contributed by atoms with E-state index < -0.39 is 6.10 Å². The first-order valence-corrected chi connectivity index (χ1v) is 7.67. The maximum Gasteiger partial charge on any atom is 0.319 e. The molecule has 0 radical (unpaired) electrons. The molecule has 3 N–H and O–H groups in total. The van der Waals surface area contributed by atoms with Crippen LogP contribution < -0.4 is 15.5 Å². The number of nitrogens with zero attached hydrogens (tertiary/aromatic N) is 2. The Kier molecular flexibility index (Phi) is 5.44. The molecule has 0 spiro atoms. The number of oxazole rings is 1. The summed E-state index contributed by atoms with van der Waals surface area (Å²) in [6.45, 7) is 4.31. The van der Waals surface area contributed by atoms with Gasteiger partial charge in [0, 0.05) is 26.3 Å². The van der Waals surface area contributed by atoms with Crippen LogP contribution in [0.4, 0.5) is 16.5 Å². The van der Waals surface area contributed by atoms with Crippen LogP contribution in [-0.4, -0.2) is 42.9 Å². The van der Waals surface area contributed by atoms with Crippen LogP contribution in [-0.2, 0) is 0 Å². The van der Waals surface area contributed by atoms with Crippen molar-refractivity contribution < 1.29 is 14.3 Å². The molecule has 0 saturated carbocycles. The lowest BCUT2D eigenvalue weighted by molar-refractivity contribution is 0.117. The molecule has 7 nitrogen and oxygen atoms in total. The molecule has 1 aromatic heterocycles. The third-order valence-electron chi connectivity index (χ3n) is 3.51. The van der Waals surface area contributed by atoms with Gasteiger partial charge in [-0.25, -0.2) is 4.79 Å². The van der Waals surface area contributed by atoms with Crippen LogP contribution in [0.25, 0.3) is 11.1 Å². The molecule has 0 saturated heterocycles. The number of carbonyl (C=O) groups is 1. The Morgan fingerprint density at radius 2 is 2.13 bits per heavy atom. The monoisotopic (exact) mass is 320 g/mol. The number of nitrogens with one attached hydrogen (secondary N) is 2. The van der Waals surface area contributed by atoms with Crippen molar-refractivity contribution in [3.63, 3.8) is 0 Å². The van der Waals surface area contributed by atoms with Crippen molar-refractivity contribution in [2.75, 3.05) is 30.9 Å². The zero-order chi connectivity index (χ0) is 17.0. The van der Waals surface area contributed by atoms with Gasteiger partial charge in [-0.05, 0) is 30.5 Å². The third kappa shape index (κ3) is 4.59. The molecule has 7 heteroatoms. The molecule has 2 aromatic rings. The molecule has 23 heavy (non-hydrogen) atoms. The second-order valence-corrected chi connectivity index (χ2v) is 6.05. The first-order valence-electron chi connectivity index (χ1n) is 7.67. The second-order valence-electron chi connectivity index (χ2n) is 6.05. The fraction of sp³-hybridized carbons (Fsp3) is 0.500. The van der Waals surface area contributed by atoms with Gasteiger partial charge in [-0.2, -0.15) is 4.98 Å². The first-order chi connectivity index (χ1) is 10.9. The zero-order valence-electron chi connectivity index (χ0n) is 14.0. The number of amides is 2. The van der Waals surface area contributed by atoms with E-state index in [2.05, 4.69) is 15.6 Å². The topological polar surface area (TPSA) is 90.6 Å². The number of aliphatic hydroxyl groups is 1. The number of hydrogen-bond acceptors (Lipinski definition) is 5. The fourth-order valence-electron chi connectivity index (χ4n) is 2.03. The van der Waals surface area contributed by atoms with Crippen LogP contribution in [0, 0.1) is 5.92 Å². The van der Waals surface area contributed by atoms with Gasteiger partial charge in [0.15, 0.2) is 5.58 Å². The average Bonchev–Trinajstić information content (AvgIpc) is 2.90. The van der Waals surface area contributed by atoms with E-state index in [1.807, 2.05) is 27.9 Å². The number of aromatic nitrogens is 1. The zero-order valence-corrected chi connectivity index (χ0v) is 14.0. The van der Waals surface area contributed by atoms with Crippen molar-refractivity contribution >= 4 is 28.8 Å². The molecule has 0 aliphatic rings. The van der Waals surface area contributed by atoms with Gasteiger partial charge in [0.2, 0.25) is 0 Å². The molecule has 1 atom stereocenters. The maximum absolute atomic E-state index is 11.9.